The summed E-state index contributed by atoms with van der Waals surface area (Å²) in [5.41, 5.74) is 1.72. The number of benzene rings is 2. The highest BCUT2D eigenvalue weighted by molar-refractivity contribution is 7.20. The molecular weight excluding hydrogens is 566 g/mol. The number of morpholine rings is 1. The molecule has 2 amide bonds. The molecule has 41 heavy (non-hydrogen) atoms. The SMILES string of the molecule is CC(C)(NC(=O)c1cc2c(NC(=O)c3ccc(N4CCOCC4)cc3)nn(C(=O)OCCCl)c2s1)c1ccccc1. The number of halogens is 1. The van der Waals surface area contributed by atoms with Crippen LogP contribution in [-0.2, 0) is 15.0 Å². The topological polar surface area (TPSA) is 115 Å². The third kappa shape index (κ3) is 6.37. The number of nitrogens with zero attached hydrogens (tertiary/aromatic N) is 3. The van der Waals surface area contributed by atoms with Gasteiger partial charge in [-0.05, 0) is 49.7 Å². The molecule has 1 fully saturated rings. The first-order valence-electron chi connectivity index (χ1n) is 13.1. The highest BCUT2D eigenvalue weighted by Crippen LogP contribution is 2.33. The van der Waals surface area contributed by atoms with E-state index in [1.165, 1.54) is 0 Å². The zero-order valence-corrected chi connectivity index (χ0v) is 24.3. The molecule has 1 saturated heterocycles. The summed E-state index contributed by atoms with van der Waals surface area (Å²) in [6.07, 6.45) is -0.760. The van der Waals surface area contributed by atoms with Crippen molar-refractivity contribution in [2.45, 2.75) is 19.4 Å². The highest BCUT2D eigenvalue weighted by atomic mass is 35.5. The molecule has 2 N–H and O–H groups in total. The first kappa shape index (κ1) is 28.6. The predicted molar refractivity (Wildman–Crippen MR) is 159 cm³/mol. The fraction of sp³-hybridized carbons (Fsp3) is 0.310. The van der Waals surface area contributed by atoms with Gasteiger partial charge in [0.1, 0.15) is 11.4 Å². The van der Waals surface area contributed by atoms with Crippen LogP contribution in [0.4, 0.5) is 16.3 Å². The second-order valence-electron chi connectivity index (χ2n) is 9.94. The molecule has 2 aromatic heterocycles. The van der Waals surface area contributed by atoms with E-state index in [1.54, 1.807) is 18.2 Å². The van der Waals surface area contributed by atoms with Gasteiger partial charge in [0, 0.05) is 24.3 Å². The van der Waals surface area contributed by atoms with E-state index >= 15 is 0 Å². The Kier molecular flexibility index (Phi) is 8.57. The monoisotopic (exact) mass is 595 g/mol. The van der Waals surface area contributed by atoms with E-state index in [0.717, 1.165) is 40.4 Å². The normalized spacial score (nSPS) is 13.7. The van der Waals surface area contributed by atoms with Crippen molar-refractivity contribution >= 4 is 62.6 Å². The molecule has 1 aliphatic rings. The number of rotatable bonds is 8. The van der Waals surface area contributed by atoms with Crippen molar-refractivity contribution in [1.29, 1.82) is 0 Å². The van der Waals surface area contributed by atoms with Gasteiger partial charge in [0.2, 0.25) is 0 Å². The van der Waals surface area contributed by atoms with Crippen LogP contribution in [0.5, 0.6) is 0 Å². The van der Waals surface area contributed by atoms with Crippen LogP contribution in [0.15, 0.2) is 60.7 Å². The number of anilines is 2. The maximum Gasteiger partial charge on any atom is 0.436 e. The van der Waals surface area contributed by atoms with Crippen molar-refractivity contribution in [3.8, 4) is 0 Å². The van der Waals surface area contributed by atoms with E-state index in [9.17, 15) is 14.4 Å². The summed E-state index contributed by atoms with van der Waals surface area (Å²) in [6, 6.07) is 18.5. The number of carbonyl (C=O) groups is 3. The van der Waals surface area contributed by atoms with Crippen LogP contribution in [-0.4, -0.2) is 66.5 Å². The third-order valence-corrected chi connectivity index (χ3v) is 7.98. The Labute approximate surface area is 246 Å². The van der Waals surface area contributed by atoms with E-state index in [4.69, 9.17) is 21.1 Å². The van der Waals surface area contributed by atoms with E-state index in [1.807, 2.05) is 56.3 Å². The standard InChI is InChI=1S/C29H30ClN5O5S/c1-29(2,20-6-4-3-5-7-20)32-26(37)23-18-22-24(33-35(27(22)41-23)28(38)40-15-12-30)31-25(36)19-8-10-21(11-9-19)34-13-16-39-17-14-34/h3-11,18H,12-17H2,1-2H3,(H,32,37)(H,31,33,36). The van der Waals surface area contributed by atoms with Gasteiger partial charge in [0.05, 0.1) is 34.9 Å². The van der Waals surface area contributed by atoms with Gasteiger partial charge < -0.3 is 25.0 Å². The average Bonchev–Trinajstić information content (AvgIpc) is 3.57. The number of nitrogens with one attached hydrogen (secondary N) is 2. The summed E-state index contributed by atoms with van der Waals surface area (Å²) >= 11 is 6.77. The van der Waals surface area contributed by atoms with Crippen LogP contribution >= 0.6 is 22.9 Å². The Morgan fingerprint density at radius 1 is 1.05 bits per heavy atom. The second-order valence-corrected chi connectivity index (χ2v) is 11.3. The van der Waals surface area contributed by atoms with Gasteiger partial charge in [0.25, 0.3) is 11.8 Å². The van der Waals surface area contributed by atoms with Crippen LogP contribution < -0.4 is 15.5 Å². The molecular formula is C29H30ClN5O5S. The summed E-state index contributed by atoms with van der Waals surface area (Å²) in [4.78, 5) is 42.2. The van der Waals surface area contributed by atoms with Crippen LogP contribution in [0, 0.1) is 0 Å². The first-order valence-corrected chi connectivity index (χ1v) is 14.5. The minimum atomic E-state index is -0.760. The Morgan fingerprint density at radius 2 is 1.76 bits per heavy atom. The molecule has 0 atom stereocenters. The fourth-order valence-corrected chi connectivity index (χ4v) is 5.59. The van der Waals surface area contributed by atoms with Crippen molar-refractivity contribution in [3.63, 3.8) is 0 Å². The molecule has 0 bridgehead atoms. The number of hydrogen-bond acceptors (Lipinski definition) is 8. The Hall–Kier alpha value is -3.93. The molecule has 4 aromatic rings. The number of aromatic nitrogens is 2. The van der Waals surface area contributed by atoms with Crippen LogP contribution in [0.25, 0.3) is 10.2 Å². The van der Waals surface area contributed by atoms with Gasteiger partial charge >= 0.3 is 6.09 Å². The molecule has 0 unspecified atom stereocenters. The number of fused-ring (bicyclic) bond motifs is 1. The molecule has 3 heterocycles. The fourth-order valence-electron chi connectivity index (χ4n) is 4.52. The molecule has 0 saturated carbocycles. The van der Waals surface area contributed by atoms with Crippen molar-refractivity contribution < 1.29 is 23.9 Å². The molecule has 5 rings (SSSR count). The summed E-state index contributed by atoms with van der Waals surface area (Å²) in [7, 11) is 0. The molecule has 12 heteroatoms. The van der Waals surface area contributed by atoms with Gasteiger partial charge in [-0.2, -0.15) is 4.68 Å². The second kappa shape index (κ2) is 12.3. The zero-order chi connectivity index (χ0) is 29.0. The minimum absolute atomic E-state index is 0.0110. The maximum atomic E-state index is 13.3. The largest absolute Gasteiger partial charge is 0.447 e. The number of thiophene rings is 1. The molecule has 214 valence electrons. The maximum absolute atomic E-state index is 13.3. The quantitative estimate of drug-likeness (QED) is 0.273. The highest BCUT2D eigenvalue weighted by Gasteiger charge is 2.27. The summed E-state index contributed by atoms with van der Waals surface area (Å²) in [5, 5.41) is 10.6. The van der Waals surface area contributed by atoms with Gasteiger partial charge in [-0.15, -0.1) is 28.0 Å². The number of ether oxygens (including phenoxy) is 2. The molecule has 2 aromatic carbocycles. The summed E-state index contributed by atoms with van der Waals surface area (Å²) in [6.45, 7) is 6.72. The summed E-state index contributed by atoms with van der Waals surface area (Å²) < 4.78 is 11.6. The lowest BCUT2D eigenvalue weighted by Crippen LogP contribution is -2.40. The molecule has 1 aliphatic heterocycles. The van der Waals surface area contributed by atoms with Gasteiger partial charge in [0.15, 0.2) is 5.82 Å². The van der Waals surface area contributed by atoms with E-state index in [-0.39, 0.29) is 24.2 Å². The Balaban J connectivity index is 1.40. The van der Waals surface area contributed by atoms with Crippen molar-refractivity contribution in [2.75, 3.05) is 49.0 Å². The zero-order valence-electron chi connectivity index (χ0n) is 22.7. The van der Waals surface area contributed by atoms with Crippen molar-refractivity contribution in [2.24, 2.45) is 0 Å². The van der Waals surface area contributed by atoms with Crippen molar-refractivity contribution in [1.82, 2.24) is 15.1 Å². The Bertz CT molecular complexity index is 1550. The average molecular weight is 596 g/mol. The lowest BCUT2D eigenvalue weighted by atomic mass is 9.94. The molecule has 10 nitrogen and oxygen atoms in total. The van der Waals surface area contributed by atoms with E-state index in [0.29, 0.717) is 33.9 Å². The predicted octanol–water partition coefficient (Wildman–Crippen LogP) is 5.08. The van der Waals surface area contributed by atoms with Crippen LogP contribution in [0.2, 0.25) is 0 Å². The smallest absolute Gasteiger partial charge is 0.436 e. The number of carbonyl (C=O) groups excluding carboxylic acids is 3. The Morgan fingerprint density at radius 3 is 2.44 bits per heavy atom. The van der Waals surface area contributed by atoms with E-state index in [2.05, 4.69) is 20.6 Å². The third-order valence-electron chi connectivity index (χ3n) is 6.72. The number of amides is 2. The number of hydrogen-bond donors (Lipinski definition) is 2. The summed E-state index contributed by atoms with van der Waals surface area (Å²) in [5.74, 6) is -0.464. The minimum Gasteiger partial charge on any atom is -0.447 e. The number of alkyl halides is 1. The molecule has 0 aliphatic carbocycles. The first-order chi connectivity index (χ1) is 19.8. The van der Waals surface area contributed by atoms with Crippen molar-refractivity contribution in [3.05, 3.63) is 76.7 Å². The van der Waals surface area contributed by atoms with E-state index < -0.39 is 17.5 Å². The molecule has 0 radical (unpaired) electrons. The van der Waals surface area contributed by atoms with Gasteiger partial charge in [-0.1, -0.05) is 30.3 Å². The van der Waals surface area contributed by atoms with Gasteiger partial charge in [-0.3, -0.25) is 9.59 Å². The molecule has 0 spiro atoms. The lowest BCUT2D eigenvalue weighted by Gasteiger charge is -2.28. The van der Waals surface area contributed by atoms with Gasteiger partial charge in [-0.25, -0.2) is 4.79 Å². The van der Waals surface area contributed by atoms with Crippen LogP contribution in [0.1, 0.15) is 39.4 Å². The van der Waals surface area contributed by atoms with Crippen LogP contribution in [0.3, 0.4) is 0 Å². The lowest BCUT2D eigenvalue weighted by molar-refractivity contribution is 0.0915.